The lowest BCUT2D eigenvalue weighted by Crippen LogP contribution is -2.32. The minimum absolute atomic E-state index is 0.618. The van der Waals surface area contributed by atoms with Crippen LogP contribution in [0, 0.1) is 0 Å². The second kappa shape index (κ2) is 7.71. The molecule has 0 aliphatic carbocycles. The van der Waals surface area contributed by atoms with Crippen LogP contribution in [0.1, 0.15) is 29.7 Å². The van der Waals surface area contributed by atoms with E-state index >= 15 is 0 Å². The molecule has 1 N–H and O–H groups in total. The lowest BCUT2D eigenvalue weighted by Gasteiger charge is -2.25. The highest BCUT2D eigenvalue weighted by Crippen LogP contribution is 2.21. The van der Waals surface area contributed by atoms with Gasteiger partial charge in [-0.2, -0.15) is 0 Å². The van der Waals surface area contributed by atoms with Gasteiger partial charge in [-0.15, -0.1) is 0 Å². The van der Waals surface area contributed by atoms with Crippen molar-refractivity contribution >= 4 is 5.97 Å². The van der Waals surface area contributed by atoms with Crippen LogP contribution < -0.4 is 0 Å². The number of hydrogen-bond acceptors (Lipinski definition) is 3. The first-order chi connectivity index (χ1) is 10.6. The van der Waals surface area contributed by atoms with Crippen molar-refractivity contribution < 1.29 is 9.90 Å². The molecule has 0 fully saturated rings. The molecule has 0 radical (unpaired) electrons. The third-order valence-corrected chi connectivity index (χ3v) is 3.88. The molecule has 0 spiro atoms. The van der Waals surface area contributed by atoms with Crippen molar-refractivity contribution in [2.75, 3.05) is 13.6 Å². The SMILES string of the molecule is CCc1ccc(C(C(=O)O)N(C)CCc2ccncc2)cc1. The maximum atomic E-state index is 11.7. The number of carboxylic acids is 1. The first kappa shape index (κ1) is 16.2. The van der Waals surface area contributed by atoms with E-state index in [1.165, 1.54) is 5.56 Å². The van der Waals surface area contributed by atoms with E-state index in [-0.39, 0.29) is 0 Å². The van der Waals surface area contributed by atoms with E-state index in [1.807, 2.05) is 48.3 Å². The molecule has 0 saturated carbocycles. The average molecular weight is 298 g/mol. The molecule has 4 nitrogen and oxygen atoms in total. The van der Waals surface area contributed by atoms with Crippen LogP contribution in [-0.2, 0) is 17.6 Å². The Morgan fingerprint density at radius 3 is 2.32 bits per heavy atom. The second-order valence-electron chi connectivity index (χ2n) is 5.42. The lowest BCUT2D eigenvalue weighted by molar-refractivity contribution is -0.143. The van der Waals surface area contributed by atoms with E-state index in [0.717, 1.165) is 24.0 Å². The maximum Gasteiger partial charge on any atom is 0.325 e. The van der Waals surface area contributed by atoms with Gasteiger partial charge in [-0.25, -0.2) is 0 Å². The first-order valence-electron chi connectivity index (χ1n) is 7.52. The molecule has 2 rings (SSSR count). The average Bonchev–Trinajstić information content (AvgIpc) is 2.54. The molecule has 0 aliphatic heterocycles. The Morgan fingerprint density at radius 2 is 1.77 bits per heavy atom. The minimum Gasteiger partial charge on any atom is -0.480 e. The molecule has 1 heterocycles. The second-order valence-corrected chi connectivity index (χ2v) is 5.42. The number of rotatable bonds is 7. The normalized spacial score (nSPS) is 12.3. The molecule has 1 aromatic heterocycles. The molecule has 1 unspecified atom stereocenters. The zero-order chi connectivity index (χ0) is 15.9. The summed E-state index contributed by atoms with van der Waals surface area (Å²) in [5, 5.41) is 9.57. The van der Waals surface area contributed by atoms with Gasteiger partial charge in [-0.3, -0.25) is 14.7 Å². The summed E-state index contributed by atoms with van der Waals surface area (Å²) in [6.45, 7) is 2.76. The summed E-state index contributed by atoms with van der Waals surface area (Å²) in [4.78, 5) is 17.5. The van der Waals surface area contributed by atoms with Gasteiger partial charge in [-0.1, -0.05) is 31.2 Å². The number of aliphatic carboxylic acids is 1. The third kappa shape index (κ3) is 4.15. The van der Waals surface area contributed by atoms with Crippen molar-refractivity contribution in [3.05, 3.63) is 65.5 Å². The quantitative estimate of drug-likeness (QED) is 0.854. The zero-order valence-corrected chi connectivity index (χ0v) is 13.1. The summed E-state index contributed by atoms with van der Waals surface area (Å²) >= 11 is 0. The summed E-state index contributed by atoms with van der Waals surface area (Å²) in [5.74, 6) is -0.818. The van der Waals surface area contributed by atoms with Gasteiger partial charge in [0.05, 0.1) is 0 Å². The molecule has 4 heteroatoms. The van der Waals surface area contributed by atoms with Gasteiger partial charge in [0.1, 0.15) is 6.04 Å². The van der Waals surface area contributed by atoms with Gasteiger partial charge in [0, 0.05) is 18.9 Å². The first-order valence-corrected chi connectivity index (χ1v) is 7.52. The van der Waals surface area contributed by atoms with Crippen LogP contribution in [0.3, 0.4) is 0 Å². The summed E-state index contributed by atoms with van der Waals surface area (Å²) in [5.41, 5.74) is 3.20. The zero-order valence-electron chi connectivity index (χ0n) is 13.1. The van der Waals surface area contributed by atoms with E-state index in [0.29, 0.717) is 6.54 Å². The van der Waals surface area contributed by atoms with E-state index in [2.05, 4.69) is 11.9 Å². The Morgan fingerprint density at radius 1 is 1.14 bits per heavy atom. The molecule has 0 bridgehead atoms. The van der Waals surface area contributed by atoms with E-state index in [1.54, 1.807) is 12.4 Å². The Hall–Kier alpha value is -2.20. The molecular formula is C18H22N2O2. The summed E-state index contributed by atoms with van der Waals surface area (Å²) in [6, 6.07) is 11.1. The summed E-state index contributed by atoms with van der Waals surface area (Å²) in [7, 11) is 1.85. The minimum atomic E-state index is -0.818. The highest BCUT2D eigenvalue weighted by atomic mass is 16.4. The van der Waals surface area contributed by atoms with Crippen LogP contribution in [-0.4, -0.2) is 34.6 Å². The molecule has 0 amide bonds. The van der Waals surface area contributed by atoms with Crippen molar-refractivity contribution in [1.82, 2.24) is 9.88 Å². The van der Waals surface area contributed by atoms with Gasteiger partial charge >= 0.3 is 5.97 Å². The van der Waals surface area contributed by atoms with Crippen molar-refractivity contribution in [3.63, 3.8) is 0 Å². The van der Waals surface area contributed by atoms with Gasteiger partial charge in [0.25, 0.3) is 0 Å². The molecule has 22 heavy (non-hydrogen) atoms. The third-order valence-electron chi connectivity index (χ3n) is 3.88. The molecule has 2 aromatic rings. The molecular weight excluding hydrogens is 276 g/mol. The van der Waals surface area contributed by atoms with Gasteiger partial charge < -0.3 is 5.11 Å². The largest absolute Gasteiger partial charge is 0.480 e. The number of aryl methyl sites for hydroxylation is 1. The number of benzene rings is 1. The molecule has 0 aliphatic rings. The summed E-state index contributed by atoms with van der Waals surface area (Å²) in [6.07, 6.45) is 5.27. The molecule has 116 valence electrons. The van der Waals surface area contributed by atoms with Crippen molar-refractivity contribution in [2.24, 2.45) is 0 Å². The predicted octanol–water partition coefficient (Wildman–Crippen LogP) is 2.94. The fraction of sp³-hybridized carbons (Fsp3) is 0.333. The van der Waals surface area contributed by atoms with Gasteiger partial charge in [-0.05, 0) is 48.7 Å². The highest BCUT2D eigenvalue weighted by molar-refractivity contribution is 5.75. The van der Waals surface area contributed by atoms with E-state index in [4.69, 9.17) is 0 Å². The molecule has 1 aromatic carbocycles. The van der Waals surface area contributed by atoms with Crippen LogP contribution in [0.25, 0.3) is 0 Å². The predicted molar refractivity (Wildman–Crippen MR) is 86.8 cm³/mol. The van der Waals surface area contributed by atoms with Crippen LogP contribution in [0.5, 0.6) is 0 Å². The Balaban J connectivity index is 2.07. The van der Waals surface area contributed by atoms with Crippen LogP contribution in [0.2, 0.25) is 0 Å². The number of aromatic nitrogens is 1. The lowest BCUT2D eigenvalue weighted by atomic mass is 10.0. The maximum absolute atomic E-state index is 11.7. The highest BCUT2D eigenvalue weighted by Gasteiger charge is 2.24. The van der Waals surface area contributed by atoms with Crippen LogP contribution in [0.15, 0.2) is 48.8 Å². The Bertz CT molecular complexity index is 596. The fourth-order valence-electron chi connectivity index (χ4n) is 2.51. The number of likely N-dealkylation sites (N-methyl/N-ethyl adjacent to an activating group) is 1. The van der Waals surface area contributed by atoms with Crippen molar-refractivity contribution in [3.8, 4) is 0 Å². The number of carboxylic acid groups (broad SMARTS) is 1. The van der Waals surface area contributed by atoms with E-state index in [9.17, 15) is 9.90 Å². The van der Waals surface area contributed by atoms with Crippen molar-refractivity contribution in [2.45, 2.75) is 25.8 Å². The number of carbonyl (C=O) groups is 1. The van der Waals surface area contributed by atoms with Gasteiger partial charge in [0.15, 0.2) is 0 Å². The fourth-order valence-corrected chi connectivity index (χ4v) is 2.51. The Kier molecular flexibility index (Phi) is 5.67. The smallest absolute Gasteiger partial charge is 0.325 e. The van der Waals surface area contributed by atoms with Crippen LogP contribution in [0.4, 0.5) is 0 Å². The number of nitrogens with zero attached hydrogens (tertiary/aromatic N) is 2. The molecule has 1 atom stereocenters. The van der Waals surface area contributed by atoms with Crippen LogP contribution >= 0.6 is 0 Å². The number of hydrogen-bond donors (Lipinski definition) is 1. The summed E-state index contributed by atoms with van der Waals surface area (Å²) < 4.78 is 0. The topological polar surface area (TPSA) is 53.4 Å². The van der Waals surface area contributed by atoms with Crippen molar-refractivity contribution in [1.29, 1.82) is 0 Å². The number of pyridine rings is 1. The standard InChI is InChI=1S/C18H22N2O2/c1-3-14-4-6-16(7-5-14)17(18(21)22)20(2)13-10-15-8-11-19-12-9-15/h4-9,11-12,17H,3,10,13H2,1-2H3,(H,21,22). The monoisotopic (exact) mass is 298 g/mol. The van der Waals surface area contributed by atoms with Gasteiger partial charge in [0.2, 0.25) is 0 Å². The molecule has 0 saturated heterocycles. The van der Waals surface area contributed by atoms with E-state index < -0.39 is 12.0 Å². The Labute approximate surface area is 131 Å².